The van der Waals surface area contributed by atoms with Crippen molar-refractivity contribution in [1.82, 2.24) is 0 Å². The highest BCUT2D eigenvalue weighted by Gasteiger charge is 2.48. The predicted octanol–water partition coefficient (Wildman–Crippen LogP) is 2.29. The number of hydrogen-bond acceptors (Lipinski definition) is 2. The fraction of sp³-hybridized carbons (Fsp3) is 0.0714. The molecule has 102 valence electrons. The van der Waals surface area contributed by atoms with Crippen LogP contribution in [0.5, 0.6) is 0 Å². The van der Waals surface area contributed by atoms with Crippen molar-refractivity contribution in [2.45, 2.75) is 5.60 Å². The molecule has 0 aromatic heterocycles. The van der Waals surface area contributed by atoms with Gasteiger partial charge in [-0.05, 0) is 23.8 Å². The zero-order valence-corrected chi connectivity index (χ0v) is 9.95. The topological polar surface area (TPSA) is 49.3 Å². The van der Waals surface area contributed by atoms with E-state index in [1.165, 1.54) is 12.1 Å². The average molecular weight is 279 g/mol. The summed E-state index contributed by atoms with van der Waals surface area (Å²) in [6.45, 7) is 0. The van der Waals surface area contributed by atoms with Gasteiger partial charge in [-0.3, -0.25) is 4.79 Å². The van der Waals surface area contributed by atoms with E-state index in [1.807, 2.05) is 0 Å². The average Bonchev–Trinajstić information content (AvgIpc) is 2.69. The minimum Gasteiger partial charge on any atom is -0.372 e. The summed E-state index contributed by atoms with van der Waals surface area (Å²) in [5, 5.41) is 12.7. The fourth-order valence-electron chi connectivity index (χ4n) is 2.28. The normalized spacial score (nSPS) is 20.7. The quantitative estimate of drug-likeness (QED) is 0.841. The first kappa shape index (κ1) is 12.7. The SMILES string of the molecule is O=C1Nc2c(ccc(F)c2F)C1(O)c1ccc(F)cc1. The number of anilines is 1. The van der Waals surface area contributed by atoms with Gasteiger partial charge in [-0.2, -0.15) is 0 Å². The highest BCUT2D eigenvalue weighted by atomic mass is 19.2. The number of hydrogen-bond donors (Lipinski definition) is 2. The molecule has 6 heteroatoms. The second-order valence-electron chi connectivity index (χ2n) is 4.46. The third-order valence-electron chi connectivity index (χ3n) is 3.31. The second kappa shape index (κ2) is 4.08. The maximum atomic E-state index is 13.6. The Labute approximate surface area is 111 Å². The summed E-state index contributed by atoms with van der Waals surface area (Å²) in [6, 6.07) is 6.51. The van der Waals surface area contributed by atoms with Crippen molar-refractivity contribution in [2.24, 2.45) is 0 Å². The first-order chi connectivity index (χ1) is 9.44. The van der Waals surface area contributed by atoms with Gasteiger partial charge < -0.3 is 10.4 Å². The molecule has 0 aliphatic carbocycles. The highest BCUT2D eigenvalue weighted by Crippen LogP contribution is 2.42. The molecule has 1 aliphatic heterocycles. The summed E-state index contributed by atoms with van der Waals surface area (Å²) in [6.07, 6.45) is 0. The lowest BCUT2D eigenvalue weighted by Crippen LogP contribution is -2.35. The number of carbonyl (C=O) groups excluding carboxylic acids is 1. The first-order valence-corrected chi connectivity index (χ1v) is 5.73. The molecule has 0 saturated heterocycles. The monoisotopic (exact) mass is 279 g/mol. The maximum Gasteiger partial charge on any atom is 0.265 e. The molecule has 2 N–H and O–H groups in total. The van der Waals surface area contributed by atoms with E-state index in [0.717, 1.165) is 24.3 Å². The lowest BCUT2D eigenvalue weighted by molar-refractivity contribution is -0.129. The Kier molecular flexibility index (Phi) is 2.58. The van der Waals surface area contributed by atoms with Gasteiger partial charge in [-0.25, -0.2) is 13.2 Å². The Morgan fingerprint density at radius 3 is 2.30 bits per heavy atom. The molecule has 1 aliphatic rings. The molecule has 0 spiro atoms. The smallest absolute Gasteiger partial charge is 0.265 e. The van der Waals surface area contributed by atoms with Crippen molar-refractivity contribution in [3.63, 3.8) is 0 Å². The second-order valence-corrected chi connectivity index (χ2v) is 4.46. The van der Waals surface area contributed by atoms with Gasteiger partial charge in [0.25, 0.3) is 5.91 Å². The van der Waals surface area contributed by atoms with Crippen LogP contribution in [-0.2, 0) is 10.4 Å². The van der Waals surface area contributed by atoms with E-state index < -0.39 is 34.6 Å². The van der Waals surface area contributed by atoms with Crippen LogP contribution in [0, 0.1) is 17.5 Å². The zero-order valence-electron chi connectivity index (χ0n) is 9.95. The number of benzene rings is 2. The molecule has 1 amide bonds. The van der Waals surface area contributed by atoms with Crippen molar-refractivity contribution >= 4 is 11.6 Å². The minimum absolute atomic E-state index is 0.0705. The van der Waals surface area contributed by atoms with E-state index >= 15 is 0 Å². The van der Waals surface area contributed by atoms with Gasteiger partial charge in [-0.15, -0.1) is 0 Å². The molecule has 1 heterocycles. The van der Waals surface area contributed by atoms with E-state index in [9.17, 15) is 23.1 Å². The van der Waals surface area contributed by atoms with E-state index in [0.29, 0.717) is 0 Å². The summed E-state index contributed by atoms with van der Waals surface area (Å²) in [7, 11) is 0. The number of aliphatic hydroxyl groups is 1. The summed E-state index contributed by atoms with van der Waals surface area (Å²) in [5.41, 5.74) is -2.60. The number of halogens is 3. The van der Waals surface area contributed by atoms with Gasteiger partial charge in [0, 0.05) is 5.56 Å². The van der Waals surface area contributed by atoms with Gasteiger partial charge in [-0.1, -0.05) is 18.2 Å². The third-order valence-corrected chi connectivity index (χ3v) is 3.31. The lowest BCUT2D eigenvalue weighted by atomic mass is 9.87. The Balaban J connectivity index is 2.23. The summed E-state index contributed by atoms with van der Waals surface area (Å²) < 4.78 is 39.7. The Bertz CT molecular complexity index is 715. The van der Waals surface area contributed by atoms with Crippen molar-refractivity contribution in [3.05, 3.63) is 65.0 Å². The number of nitrogens with one attached hydrogen (secondary N) is 1. The molecular weight excluding hydrogens is 271 g/mol. The molecule has 2 aromatic carbocycles. The van der Waals surface area contributed by atoms with Gasteiger partial charge in [0.15, 0.2) is 17.2 Å². The molecule has 3 nitrogen and oxygen atoms in total. The van der Waals surface area contributed by atoms with Crippen LogP contribution in [-0.4, -0.2) is 11.0 Å². The number of rotatable bonds is 1. The summed E-state index contributed by atoms with van der Waals surface area (Å²) >= 11 is 0. The lowest BCUT2D eigenvalue weighted by Gasteiger charge is -2.21. The Hall–Kier alpha value is -2.34. The van der Waals surface area contributed by atoms with E-state index in [1.54, 1.807) is 0 Å². The minimum atomic E-state index is -2.17. The Morgan fingerprint density at radius 1 is 1.00 bits per heavy atom. The standard InChI is InChI=1S/C14H8F3NO2/c15-8-3-1-7(2-4-8)14(20)9-5-6-10(16)11(17)12(9)18-13(14)19/h1-6,20H,(H,18,19). The van der Waals surface area contributed by atoms with E-state index in [4.69, 9.17) is 0 Å². The van der Waals surface area contributed by atoms with Gasteiger partial charge in [0.05, 0.1) is 5.69 Å². The van der Waals surface area contributed by atoms with Crippen molar-refractivity contribution in [2.75, 3.05) is 5.32 Å². The zero-order chi connectivity index (χ0) is 14.5. The van der Waals surface area contributed by atoms with Crippen molar-refractivity contribution in [1.29, 1.82) is 0 Å². The molecule has 1 atom stereocenters. The molecule has 0 radical (unpaired) electrons. The molecule has 0 bridgehead atoms. The van der Waals surface area contributed by atoms with Gasteiger partial charge in [0.2, 0.25) is 0 Å². The van der Waals surface area contributed by atoms with Crippen LogP contribution in [0.25, 0.3) is 0 Å². The van der Waals surface area contributed by atoms with E-state index in [2.05, 4.69) is 5.32 Å². The van der Waals surface area contributed by atoms with E-state index in [-0.39, 0.29) is 11.1 Å². The molecule has 1 unspecified atom stereocenters. The molecule has 20 heavy (non-hydrogen) atoms. The summed E-state index contributed by atoms with van der Waals surface area (Å²) in [5.74, 6) is -3.83. The van der Waals surface area contributed by atoms with Crippen LogP contribution in [0.1, 0.15) is 11.1 Å². The largest absolute Gasteiger partial charge is 0.372 e. The van der Waals surface area contributed by atoms with Crippen LogP contribution in [0.4, 0.5) is 18.9 Å². The number of carbonyl (C=O) groups is 1. The highest BCUT2D eigenvalue weighted by molar-refractivity contribution is 6.07. The van der Waals surface area contributed by atoms with Gasteiger partial charge in [0.1, 0.15) is 5.82 Å². The fourth-order valence-corrected chi connectivity index (χ4v) is 2.28. The molecule has 3 rings (SSSR count). The third kappa shape index (κ3) is 1.55. The van der Waals surface area contributed by atoms with Gasteiger partial charge >= 0.3 is 0 Å². The van der Waals surface area contributed by atoms with Crippen LogP contribution in [0.2, 0.25) is 0 Å². The molecule has 0 saturated carbocycles. The molecular formula is C14H8F3NO2. The molecule has 0 fully saturated rings. The van der Waals surface area contributed by atoms with Crippen LogP contribution in [0.15, 0.2) is 36.4 Å². The van der Waals surface area contributed by atoms with Crippen LogP contribution < -0.4 is 5.32 Å². The molecule has 2 aromatic rings. The maximum absolute atomic E-state index is 13.6. The van der Waals surface area contributed by atoms with Crippen molar-refractivity contribution < 1.29 is 23.1 Å². The summed E-state index contributed by atoms with van der Waals surface area (Å²) in [4.78, 5) is 12.0. The predicted molar refractivity (Wildman–Crippen MR) is 64.4 cm³/mol. The number of fused-ring (bicyclic) bond motifs is 1. The van der Waals surface area contributed by atoms with Crippen LogP contribution >= 0.6 is 0 Å². The Morgan fingerprint density at radius 2 is 1.65 bits per heavy atom. The van der Waals surface area contributed by atoms with Crippen molar-refractivity contribution in [3.8, 4) is 0 Å². The number of amides is 1. The van der Waals surface area contributed by atoms with Crippen LogP contribution in [0.3, 0.4) is 0 Å². The first-order valence-electron chi connectivity index (χ1n) is 5.73.